The van der Waals surface area contributed by atoms with E-state index in [1.807, 2.05) is 58.1 Å². The number of ether oxygens (including phenoxy) is 6. The molecule has 1 unspecified atom stereocenters. The topological polar surface area (TPSA) is 174 Å². The summed E-state index contributed by atoms with van der Waals surface area (Å²) < 4.78 is 34.2. The number of carbonyl (C=O) groups excluding carboxylic acids is 4. The van der Waals surface area contributed by atoms with Gasteiger partial charge in [-0.15, -0.1) is 0 Å². The van der Waals surface area contributed by atoms with Crippen molar-refractivity contribution in [2.24, 2.45) is 11.8 Å². The molecule has 1 aromatic carbocycles. The minimum atomic E-state index is -1.59. The van der Waals surface area contributed by atoms with E-state index in [1.54, 1.807) is 14.0 Å². The molecule has 2 fully saturated rings. The number of likely N-dealkylation sites (N-methyl/N-ethyl adjacent to an activating group) is 1. The highest BCUT2D eigenvalue weighted by Gasteiger charge is 2.64. The number of allylic oxidation sites excluding steroid dienone is 3. The number of amides is 3. The van der Waals surface area contributed by atoms with Gasteiger partial charge in [-0.2, -0.15) is 0 Å². The molecule has 15 heteroatoms. The Bertz CT molecular complexity index is 1570. The van der Waals surface area contributed by atoms with Gasteiger partial charge in [-0.05, 0) is 51.3 Å². The number of rotatable bonds is 11. The highest BCUT2D eigenvalue weighted by atomic mass is 35.5. The van der Waals surface area contributed by atoms with Crippen molar-refractivity contribution in [1.82, 2.24) is 10.6 Å². The van der Waals surface area contributed by atoms with Gasteiger partial charge in [0.25, 0.3) is 0 Å². The van der Waals surface area contributed by atoms with E-state index in [2.05, 4.69) is 10.6 Å². The van der Waals surface area contributed by atoms with Crippen LogP contribution in [0.5, 0.6) is 0 Å². The number of carbonyl (C=O) groups is 4. The van der Waals surface area contributed by atoms with Crippen molar-refractivity contribution in [1.29, 1.82) is 0 Å². The quantitative estimate of drug-likeness (QED) is 0.170. The maximum absolute atomic E-state index is 14.0. The summed E-state index contributed by atoms with van der Waals surface area (Å²) in [6.07, 6.45) is 1.87. The normalized spacial score (nSPS) is 31.2. The Kier molecular flexibility index (Phi) is 14.5. The van der Waals surface area contributed by atoms with Crippen LogP contribution in [0.1, 0.15) is 58.6 Å². The standard InChI is InChI=1S/C38H54ClN3O11/c1-22-10-9-11-24(3)38(47)20-29(51-36(46)41-38)25(4)34-37(6,53-34)30(19-32(44)42(8)28-18-27(16-22)17-23(2)33(28)39)52-35(45)26(5)50-15-14-48-12-13-49-21-31(43)40-7/h9-11,17-18,24-26,29-30,34,47H,12-16,19-21H2,1-8H3,(H,40,43)(H,41,46)/b11-9+,22-10+/t24-,25-,26+,29?,30+,34+,37+,38+/m1/s1. The van der Waals surface area contributed by atoms with E-state index in [9.17, 15) is 24.3 Å². The van der Waals surface area contributed by atoms with Gasteiger partial charge in [0.15, 0.2) is 6.10 Å². The summed E-state index contributed by atoms with van der Waals surface area (Å²) in [7, 11) is 3.15. The Morgan fingerprint density at radius 1 is 1.15 bits per heavy atom. The molecule has 14 nitrogen and oxygen atoms in total. The molecule has 4 rings (SSSR count). The number of epoxide rings is 1. The molecule has 0 saturated carbocycles. The molecular weight excluding hydrogens is 710 g/mol. The predicted molar refractivity (Wildman–Crippen MR) is 196 cm³/mol. The van der Waals surface area contributed by atoms with Crippen LogP contribution < -0.4 is 15.5 Å². The molecule has 53 heavy (non-hydrogen) atoms. The van der Waals surface area contributed by atoms with Gasteiger partial charge in [-0.25, -0.2) is 9.59 Å². The first kappa shape index (κ1) is 42.2. The van der Waals surface area contributed by atoms with Gasteiger partial charge in [0.2, 0.25) is 11.8 Å². The number of aliphatic hydroxyl groups is 1. The number of halogens is 1. The molecule has 0 aliphatic carbocycles. The Morgan fingerprint density at radius 2 is 1.85 bits per heavy atom. The second-order valence-electron chi connectivity index (χ2n) is 14.3. The highest BCUT2D eigenvalue weighted by molar-refractivity contribution is 6.34. The summed E-state index contributed by atoms with van der Waals surface area (Å²) in [5, 5.41) is 17.1. The Morgan fingerprint density at radius 3 is 2.57 bits per heavy atom. The fraction of sp³-hybridized carbons (Fsp3) is 0.632. The molecule has 0 aromatic heterocycles. The molecular formula is C38H54ClN3O11. The van der Waals surface area contributed by atoms with Gasteiger partial charge in [-0.1, -0.05) is 55.3 Å². The molecule has 3 heterocycles. The van der Waals surface area contributed by atoms with E-state index in [0.29, 0.717) is 17.1 Å². The first-order chi connectivity index (χ1) is 25.0. The summed E-state index contributed by atoms with van der Waals surface area (Å²) in [6, 6.07) is 3.84. The zero-order valence-corrected chi connectivity index (χ0v) is 32.6. The number of benzene rings is 1. The lowest BCUT2D eigenvalue weighted by atomic mass is 9.82. The molecule has 3 N–H and O–H groups in total. The molecule has 294 valence electrons. The molecule has 0 spiro atoms. The fourth-order valence-corrected chi connectivity index (χ4v) is 6.83. The largest absolute Gasteiger partial charge is 0.457 e. The number of anilines is 1. The lowest BCUT2D eigenvalue weighted by Gasteiger charge is -2.41. The number of aryl methyl sites for hydroxylation is 1. The maximum atomic E-state index is 14.0. The summed E-state index contributed by atoms with van der Waals surface area (Å²) in [5.41, 5.74) is 0.539. The van der Waals surface area contributed by atoms with Crippen LogP contribution in [0.4, 0.5) is 10.5 Å². The minimum Gasteiger partial charge on any atom is -0.457 e. The zero-order chi connectivity index (χ0) is 39.1. The van der Waals surface area contributed by atoms with Gasteiger partial charge in [-0.3, -0.25) is 14.9 Å². The van der Waals surface area contributed by atoms with Crippen LogP contribution in [0, 0.1) is 18.8 Å². The van der Waals surface area contributed by atoms with Crippen LogP contribution >= 0.6 is 11.6 Å². The molecule has 8 atom stereocenters. The third-order valence-electron chi connectivity index (χ3n) is 10.2. The van der Waals surface area contributed by atoms with Gasteiger partial charge in [0, 0.05) is 32.4 Å². The molecule has 0 radical (unpaired) electrons. The van der Waals surface area contributed by atoms with Crippen LogP contribution in [-0.2, 0) is 49.2 Å². The van der Waals surface area contributed by atoms with Crippen molar-refractivity contribution in [3.63, 3.8) is 0 Å². The first-order valence-electron chi connectivity index (χ1n) is 18.0. The van der Waals surface area contributed by atoms with Crippen LogP contribution in [0.3, 0.4) is 0 Å². The molecule has 1 aromatic rings. The van der Waals surface area contributed by atoms with E-state index in [1.165, 1.54) is 18.9 Å². The SMILES string of the molecule is CNC(=O)COCCOCCO[C@@H](C)C(=O)O[C@H]1CC(=O)N(C)c2cc(cc(C)c2Cl)C/C(C)=C/C=C/[C@@H](C)[C@@]2(O)CC(OC(=O)N2)[C@@H](C)[C@@H]2O[C@@]12C. The van der Waals surface area contributed by atoms with E-state index in [-0.39, 0.29) is 57.7 Å². The number of nitrogens with zero attached hydrogens (tertiary/aromatic N) is 1. The molecule has 3 aliphatic heterocycles. The average Bonchev–Trinajstić information content (AvgIpc) is 3.80. The Labute approximate surface area is 316 Å². The second kappa shape index (κ2) is 18.2. The molecule has 3 amide bonds. The zero-order valence-electron chi connectivity index (χ0n) is 31.9. The Hall–Kier alpha value is -3.53. The lowest BCUT2D eigenvalue weighted by molar-refractivity contribution is -0.166. The minimum absolute atomic E-state index is 0.0701. The summed E-state index contributed by atoms with van der Waals surface area (Å²) in [4.78, 5) is 52.9. The third-order valence-corrected chi connectivity index (χ3v) is 10.7. The summed E-state index contributed by atoms with van der Waals surface area (Å²) in [6.45, 7) is 11.4. The lowest BCUT2D eigenvalue weighted by Crippen LogP contribution is -2.60. The van der Waals surface area contributed by atoms with Crippen molar-refractivity contribution in [3.8, 4) is 0 Å². The highest BCUT2D eigenvalue weighted by Crippen LogP contribution is 2.49. The summed E-state index contributed by atoms with van der Waals surface area (Å²) in [5.74, 6) is -2.24. The number of hydrogen-bond acceptors (Lipinski definition) is 11. The summed E-state index contributed by atoms with van der Waals surface area (Å²) >= 11 is 6.75. The first-order valence-corrected chi connectivity index (χ1v) is 18.3. The predicted octanol–water partition coefficient (Wildman–Crippen LogP) is 3.77. The van der Waals surface area contributed by atoms with E-state index in [4.69, 9.17) is 40.0 Å². The number of fused-ring (bicyclic) bond motifs is 5. The van der Waals surface area contributed by atoms with Gasteiger partial charge in [0.1, 0.15) is 30.1 Å². The van der Waals surface area contributed by atoms with Crippen molar-refractivity contribution < 1.29 is 52.7 Å². The van der Waals surface area contributed by atoms with Crippen LogP contribution in [0.15, 0.2) is 35.9 Å². The van der Waals surface area contributed by atoms with Crippen LogP contribution in [0.2, 0.25) is 5.02 Å². The van der Waals surface area contributed by atoms with Crippen molar-refractivity contribution in [2.75, 3.05) is 52.0 Å². The van der Waals surface area contributed by atoms with Crippen molar-refractivity contribution in [3.05, 3.63) is 52.1 Å². The maximum Gasteiger partial charge on any atom is 0.409 e. The molecule has 2 saturated heterocycles. The number of alkyl carbamates (subject to hydrolysis) is 1. The van der Waals surface area contributed by atoms with Gasteiger partial charge in [0.05, 0.1) is 49.7 Å². The molecule has 3 aliphatic rings. The van der Waals surface area contributed by atoms with Crippen LogP contribution in [0.25, 0.3) is 0 Å². The van der Waals surface area contributed by atoms with Gasteiger partial charge < -0.3 is 43.7 Å². The number of nitrogens with one attached hydrogen (secondary N) is 2. The smallest absolute Gasteiger partial charge is 0.409 e. The Balaban J connectivity index is 1.56. The van der Waals surface area contributed by atoms with E-state index >= 15 is 0 Å². The van der Waals surface area contributed by atoms with Crippen molar-refractivity contribution in [2.45, 2.75) is 96.5 Å². The number of esters is 1. The fourth-order valence-electron chi connectivity index (χ4n) is 6.59. The number of hydrogen-bond donors (Lipinski definition) is 3. The van der Waals surface area contributed by atoms with Crippen molar-refractivity contribution >= 4 is 41.2 Å². The van der Waals surface area contributed by atoms with Gasteiger partial charge >= 0.3 is 12.1 Å². The monoisotopic (exact) mass is 763 g/mol. The molecule has 4 bridgehead atoms. The average molecular weight is 764 g/mol. The van der Waals surface area contributed by atoms with E-state index in [0.717, 1.165) is 16.7 Å². The van der Waals surface area contributed by atoms with Crippen LogP contribution in [-0.4, -0.2) is 112 Å². The third kappa shape index (κ3) is 10.8. The van der Waals surface area contributed by atoms with E-state index < -0.39 is 59.6 Å². The second-order valence-corrected chi connectivity index (χ2v) is 14.7.